The number of fused-ring (bicyclic) bond motifs is 1. The van der Waals surface area contributed by atoms with Gasteiger partial charge in [0.25, 0.3) is 5.91 Å². The van der Waals surface area contributed by atoms with Crippen molar-refractivity contribution in [2.45, 2.75) is 48.4 Å². The largest absolute Gasteiger partial charge is 0.494 e. The molecular formula is C39H41BrClN3O6. The van der Waals surface area contributed by atoms with E-state index in [-0.39, 0.29) is 23.8 Å². The molecule has 3 amide bonds. The van der Waals surface area contributed by atoms with Gasteiger partial charge in [0.15, 0.2) is 0 Å². The van der Waals surface area contributed by atoms with E-state index in [2.05, 4.69) is 29.1 Å². The van der Waals surface area contributed by atoms with E-state index in [0.717, 1.165) is 5.56 Å². The fourth-order valence-corrected chi connectivity index (χ4v) is 8.97. The van der Waals surface area contributed by atoms with Gasteiger partial charge < -0.3 is 29.3 Å². The Labute approximate surface area is 306 Å². The van der Waals surface area contributed by atoms with Crippen molar-refractivity contribution < 1.29 is 29.0 Å². The molecule has 3 aliphatic heterocycles. The highest BCUT2D eigenvalue weighted by Gasteiger charge is 2.77. The first-order valence-corrected chi connectivity index (χ1v) is 18.1. The molecule has 50 heavy (non-hydrogen) atoms. The molecule has 1 N–H and O–H groups in total. The molecule has 3 fully saturated rings. The Kier molecular flexibility index (Phi) is 10.8. The van der Waals surface area contributed by atoms with E-state index in [9.17, 15) is 14.7 Å². The maximum atomic E-state index is 15.1. The summed E-state index contributed by atoms with van der Waals surface area (Å²) < 4.78 is 12.4. The third-order valence-corrected chi connectivity index (χ3v) is 11.0. The van der Waals surface area contributed by atoms with Gasteiger partial charge in [-0.05, 0) is 73.9 Å². The first-order valence-electron chi connectivity index (χ1n) is 16.8. The molecule has 3 heterocycles. The summed E-state index contributed by atoms with van der Waals surface area (Å²) in [6.07, 6.45) is 3.20. The van der Waals surface area contributed by atoms with Gasteiger partial charge in [-0.1, -0.05) is 70.0 Å². The Balaban J connectivity index is 1.45. The molecule has 6 rings (SSSR count). The quantitative estimate of drug-likeness (QED) is 0.164. The van der Waals surface area contributed by atoms with Crippen LogP contribution in [0.1, 0.15) is 18.9 Å². The van der Waals surface area contributed by atoms with E-state index in [1.165, 1.54) is 4.90 Å². The average molecular weight is 763 g/mol. The zero-order valence-corrected chi connectivity index (χ0v) is 30.2. The first-order chi connectivity index (χ1) is 24.2. The molecule has 0 aliphatic carbocycles. The van der Waals surface area contributed by atoms with Crippen LogP contribution in [-0.2, 0) is 25.5 Å². The van der Waals surface area contributed by atoms with Gasteiger partial charge in [-0.3, -0.25) is 14.4 Å². The van der Waals surface area contributed by atoms with Gasteiger partial charge in [0.1, 0.15) is 17.4 Å². The summed E-state index contributed by atoms with van der Waals surface area (Å²) in [5.74, 6) is -2.30. The van der Waals surface area contributed by atoms with Crippen LogP contribution in [0.3, 0.4) is 0 Å². The molecule has 1 spiro atoms. The lowest BCUT2D eigenvalue weighted by Crippen LogP contribution is -2.59. The molecule has 7 atom stereocenters. The number of anilines is 2. The monoisotopic (exact) mass is 761 g/mol. The van der Waals surface area contributed by atoms with Crippen molar-refractivity contribution in [1.29, 1.82) is 0 Å². The van der Waals surface area contributed by atoms with E-state index < -0.39 is 54.0 Å². The Bertz CT molecular complexity index is 1720. The van der Waals surface area contributed by atoms with Gasteiger partial charge in [-0.2, -0.15) is 0 Å². The Morgan fingerprint density at radius 2 is 1.62 bits per heavy atom. The standard InChI is InChI=1S/C39H41BrClN3O6/c1-4-20-42(28-16-18-30(19-17-28)49-6-3)36(46)32-33-37(47)44(29(24-45)22-25-10-8-7-9-11-25)35(39(33)23-31(40)34(32)50-39)38(48)43(21-5-2)27-14-12-26(41)13-15-27/h4-5,7-19,29,31-35,45H,1-2,6,20-24H2,3H3/t29-,31?,32-,33+,34-,35?,39?/m1/s1. The second-order valence-electron chi connectivity index (χ2n) is 12.8. The maximum absolute atomic E-state index is 15.1. The molecule has 9 nitrogen and oxygen atoms in total. The van der Waals surface area contributed by atoms with Gasteiger partial charge in [-0.25, -0.2) is 0 Å². The van der Waals surface area contributed by atoms with Crippen LogP contribution in [0.2, 0.25) is 5.02 Å². The lowest BCUT2D eigenvalue weighted by Gasteiger charge is -2.39. The number of nitrogens with zero attached hydrogens (tertiary/aromatic N) is 3. The lowest BCUT2D eigenvalue weighted by atomic mass is 9.70. The maximum Gasteiger partial charge on any atom is 0.253 e. The zero-order chi connectivity index (χ0) is 35.6. The molecule has 3 aromatic rings. The predicted molar refractivity (Wildman–Crippen MR) is 198 cm³/mol. The number of aliphatic hydroxyl groups is 1. The number of carbonyl (C=O) groups is 3. The SMILES string of the molecule is C=CCN(C(=O)C1N([C@@H](CO)Cc2ccccc2)C(=O)[C@@H]2[C@@H](C(=O)N(CC=C)c3ccc(OCC)cc3)[C@@H]3OC12CC3Br)c1ccc(Cl)cc1. The Morgan fingerprint density at radius 1 is 1.02 bits per heavy atom. The number of hydrogen-bond acceptors (Lipinski definition) is 6. The van der Waals surface area contributed by atoms with Crippen LogP contribution >= 0.6 is 27.5 Å². The smallest absolute Gasteiger partial charge is 0.253 e. The molecule has 0 radical (unpaired) electrons. The lowest BCUT2D eigenvalue weighted by molar-refractivity contribution is -0.144. The van der Waals surface area contributed by atoms with Crippen LogP contribution < -0.4 is 14.5 Å². The number of aliphatic hydroxyl groups excluding tert-OH is 1. The van der Waals surface area contributed by atoms with Crippen molar-refractivity contribution >= 4 is 56.6 Å². The molecule has 3 aliphatic rings. The minimum Gasteiger partial charge on any atom is -0.494 e. The second-order valence-corrected chi connectivity index (χ2v) is 14.4. The predicted octanol–water partition coefficient (Wildman–Crippen LogP) is 5.83. The van der Waals surface area contributed by atoms with E-state index in [1.54, 1.807) is 70.5 Å². The number of halogens is 2. The number of rotatable bonds is 14. The van der Waals surface area contributed by atoms with Crippen LogP contribution in [-0.4, -0.2) is 82.6 Å². The van der Waals surface area contributed by atoms with Gasteiger partial charge in [0, 0.05) is 34.3 Å². The third kappa shape index (κ3) is 6.38. The first kappa shape index (κ1) is 35.9. The molecule has 3 saturated heterocycles. The van der Waals surface area contributed by atoms with E-state index in [4.69, 9.17) is 21.1 Å². The van der Waals surface area contributed by atoms with E-state index in [0.29, 0.717) is 41.6 Å². The zero-order valence-electron chi connectivity index (χ0n) is 27.9. The molecule has 3 unspecified atom stereocenters. The highest BCUT2D eigenvalue weighted by Crippen LogP contribution is 2.61. The van der Waals surface area contributed by atoms with Crippen molar-refractivity contribution in [3.8, 4) is 5.75 Å². The summed E-state index contributed by atoms with van der Waals surface area (Å²) >= 11 is 9.98. The van der Waals surface area contributed by atoms with Crippen molar-refractivity contribution in [2.75, 3.05) is 36.1 Å². The number of likely N-dealkylation sites (tertiary alicyclic amines) is 1. The van der Waals surface area contributed by atoms with Crippen LogP contribution in [0.4, 0.5) is 11.4 Å². The summed E-state index contributed by atoms with van der Waals surface area (Å²) in [6, 6.07) is 21.7. The molecular weight excluding hydrogens is 722 g/mol. The average Bonchev–Trinajstić information content (AvgIpc) is 3.72. The summed E-state index contributed by atoms with van der Waals surface area (Å²) in [5.41, 5.74) is 0.735. The molecule has 11 heteroatoms. The normalized spacial score (nSPS) is 25.6. The fraction of sp³-hybridized carbons (Fsp3) is 0.359. The van der Waals surface area contributed by atoms with Crippen molar-refractivity contribution in [2.24, 2.45) is 11.8 Å². The number of carbonyl (C=O) groups excluding carboxylic acids is 3. The summed E-state index contributed by atoms with van der Waals surface area (Å²) in [4.78, 5) is 49.2. The summed E-state index contributed by atoms with van der Waals surface area (Å²) in [7, 11) is 0. The fourth-order valence-electron chi connectivity index (χ4n) is 7.90. The van der Waals surface area contributed by atoms with Gasteiger partial charge in [-0.15, -0.1) is 13.2 Å². The Hall–Kier alpha value is -3.96. The topological polar surface area (TPSA) is 99.6 Å². The number of ether oxygens (including phenoxy) is 2. The minimum atomic E-state index is -1.35. The second kappa shape index (κ2) is 15.1. The highest BCUT2D eigenvalue weighted by atomic mass is 79.9. The summed E-state index contributed by atoms with van der Waals surface area (Å²) in [5, 5.41) is 11.4. The van der Waals surface area contributed by atoms with Gasteiger partial charge >= 0.3 is 0 Å². The van der Waals surface area contributed by atoms with Crippen molar-refractivity contribution in [1.82, 2.24) is 4.90 Å². The Morgan fingerprint density at radius 3 is 2.20 bits per heavy atom. The highest BCUT2D eigenvalue weighted by molar-refractivity contribution is 9.09. The van der Waals surface area contributed by atoms with Crippen molar-refractivity contribution in [3.05, 3.63) is 115 Å². The molecule has 262 valence electrons. The third-order valence-electron chi connectivity index (χ3n) is 9.92. The number of hydrogen-bond donors (Lipinski definition) is 1. The molecule has 0 aromatic heterocycles. The van der Waals surface area contributed by atoms with Gasteiger partial charge in [0.05, 0.1) is 37.2 Å². The summed E-state index contributed by atoms with van der Waals surface area (Å²) in [6.45, 7) is 10.1. The molecule has 0 saturated carbocycles. The molecule has 3 aromatic carbocycles. The molecule has 2 bridgehead atoms. The van der Waals surface area contributed by atoms with Crippen LogP contribution in [0.25, 0.3) is 0 Å². The van der Waals surface area contributed by atoms with Crippen molar-refractivity contribution in [3.63, 3.8) is 0 Å². The number of alkyl halides is 1. The van der Waals surface area contributed by atoms with Gasteiger partial charge in [0.2, 0.25) is 11.8 Å². The van der Waals surface area contributed by atoms with Crippen LogP contribution in [0, 0.1) is 11.8 Å². The van der Waals surface area contributed by atoms with E-state index >= 15 is 4.79 Å². The number of amides is 3. The minimum absolute atomic E-state index is 0.149. The van der Waals surface area contributed by atoms with E-state index in [1.807, 2.05) is 37.3 Å². The van der Waals surface area contributed by atoms with Crippen LogP contribution in [0.15, 0.2) is 104 Å². The van der Waals surface area contributed by atoms with Crippen LogP contribution in [0.5, 0.6) is 5.75 Å². The number of benzene rings is 3.